The highest BCUT2D eigenvalue weighted by molar-refractivity contribution is 6.14. The molecule has 1 amide bonds. The highest BCUT2D eigenvalue weighted by atomic mass is 16.2. The van der Waals surface area contributed by atoms with Crippen LogP contribution in [-0.4, -0.2) is 28.2 Å². The van der Waals surface area contributed by atoms with Gasteiger partial charge in [0, 0.05) is 6.07 Å². The van der Waals surface area contributed by atoms with Crippen molar-refractivity contribution in [2.24, 2.45) is 0 Å². The Morgan fingerprint density at radius 3 is 2.67 bits per heavy atom. The highest BCUT2D eigenvalue weighted by Gasteiger charge is 2.30. The minimum absolute atomic E-state index is 0.0147. The molecule has 2 heterocycles. The number of amides is 1. The molecule has 1 aromatic rings. The number of rotatable bonds is 1. The van der Waals surface area contributed by atoms with E-state index >= 15 is 0 Å². The average molecular weight is 208 g/mol. The first-order chi connectivity index (χ1) is 7.06. The lowest BCUT2D eigenvalue weighted by Crippen LogP contribution is -2.29. The maximum atomic E-state index is 11.3. The Hall–Kier alpha value is -2.18. The number of nitrogens with zero attached hydrogens (tertiary/aromatic N) is 2. The third-order valence-electron chi connectivity index (χ3n) is 1.99. The van der Waals surface area contributed by atoms with Gasteiger partial charge in [0.2, 0.25) is 11.9 Å². The number of aromatic nitrogens is 2. The number of ketones is 1. The second-order valence-corrected chi connectivity index (χ2v) is 3.19. The number of nitrogen functional groups attached to an aromatic ring is 1. The number of nitrogens with two attached hydrogens (primary N) is 1. The van der Waals surface area contributed by atoms with Crippen LogP contribution >= 0.6 is 0 Å². The van der Waals surface area contributed by atoms with Gasteiger partial charge in [-0.1, -0.05) is 0 Å². The molecule has 0 unspecified atom stereocenters. The summed E-state index contributed by atoms with van der Waals surface area (Å²) >= 11 is 0. The SMILES string of the molecule is Nc1cc(=O)[nH]c(N2CC(=O)CC2=O)n1. The molecule has 1 aliphatic heterocycles. The molecule has 3 N–H and O–H groups in total. The zero-order valence-corrected chi connectivity index (χ0v) is 7.69. The Morgan fingerprint density at radius 2 is 2.13 bits per heavy atom. The van der Waals surface area contributed by atoms with Crippen LogP contribution in [0.1, 0.15) is 6.42 Å². The van der Waals surface area contributed by atoms with Crippen molar-refractivity contribution in [1.82, 2.24) is 9.97 Å². The van der Waals surface area contributed by atoms with Gasteiger partial charge in [0.15, 0.2) is 5.78 Å². The summed E-state index contributed by atoms with van der Waals surface area (Å²) in [4.78, 5) is 40.6. The van der Waals surface area contributed by atoms with Gasteiger partial charge in [0.05, 0.1) is 13.0 Å². The van der Waals surface area contributed by atoms with Crippen molar-refractivity contribution in [3.05, 3.63) is 16.4 Å². The molecule has 0 saturated carbocycles. The molecule has 1 aliphatic rings. The van der Waals surface area contributed by atoms with Crippen LogP contribution in [0.25, 0.3) is 0 Å². The molecule has 1 fully saturated rings. The molecular weight excluding hydrogens is 200 g/mol. The molecule has 15 heavy (non-hydrogen) atoms. The topological polar surface area (TPSA) is 109 Å². The second kappa shape index (κ2) is 3.19. The molecule has 1 saturated heterocycles. The molecule has 1 aromatic heterocycles. The Bertz CT molecular complexity index is 493. The fourth-order valence-corrected chi connectivity index (χ4v) is 1.37. The summed E-state index contributed by atoms with van der Waals surface area (Å²) in [5.74, 6) is -0.546. The van der Waals surface area contributed by atoms with Gasteiger partial charge in [-0.15, -0.1) is 0 Å². The van der Waals surface area contributed by atoms with Gasteiger partial charge in [-0.2, -0.15) is 4.98 Å². The van der Waals surface area contributed by atoms with E-state index in [1.54, 1.807) is 0 Å². The molecule has 0 spiro atoms. The summed E-state index contributed by atoms with van der Waals surface area (Å²) in [6.07, 6.45) is -0.154. The summed E-state index contributed by atoms with van der Waals surface area (Å²) in [6.45, 7) is -0.0643. The smallest absolute Gasteiger partial charge is 0.254 e. The molecule has 0 radical (unpaired) electrons. The van der Waals surface area contributed by atoms with E-state index in [9.17, 15) is 14.4 Å². The molecule has 78 valence electrons. The second-order valence-electron chi connectivity index (χ2n) is 3.19. The van der Waals surface area contributed by atoms with Gasteiger partial charge < -0.3 is 5.73 Å². The largest absolute Gasteiger partial charge is 0.383 e. The Kier molecular flexibility index (Phi) is 2.00. The zero-order chi connectivity index (χ0) is 11.0. The molecule has 7 nitrogen and oxygen atoms in total. The first-order valence-electron chi connectivity index (χ1n) is 4.25. The fraction of sp³-hybridized carbons (Fsp3) is 0.250. The number of aromatic amines is 1. The van der Waals surface area contributed by atoms with E-state index in [-0.39, 0.29) is 36.4 Å². The van der Waals surface area contributed by atoms with Crippen LogP contribution in [0, 0.1) is 0 Å². The molecule has 0 aliphatic carbocycles. The predicted octanol–water partition coefficient (Wildman–Crippen LogP) is -1.34. The fourth-order valence-electron chi connectivity index (χ4n) is 1.37. The number of carbonyl (C=O) groups excluding carboxylic acids is 2. The van der Waals surface area contributed by atoms with Gasteiger partial charge in [0.25, 0.3) is 5.56 Å². The van der Waals surface area contributed by atoms with Crippen LogP contribution in [-0.2, 0) is 9.59 Å². The zero-order valence-electron chi connectivity index (χ0n) is 7.69. The number of hydrogen-bond donors (Lipinski definition) is 2. The third-order valence-corrected chi connectivity index (χ3v) is 1.99. The van der Waals surface area contributed by atoms with Gasteiger partial charge >= 0.3 is 0 Å². The maximum absolute atomic E-state index is 11.3. The van der Waals surface area contributed by atoms with E-state index < -0.39 is 5.56 Å². The van der Waals surface area contributed by atoms with E-state index in [0.717, 1.165) is 11.0 Å². The van der Waals surface area contributed by atoms with Crippen LogP contribution in [0.5, 0.6) is 0 Å². The van der Waals surface area contributed by atoms with E-state index in [4.69, 9.17) is 5.73 Å². The Balaban J connectivity index is 2.41. The summed E-state index contributed by atoms with van der Waals surface area (Å²) in [6, 6.07) is 1.10. The van der Waals surface area contributed by atoms with Crippen molar-refractivity contribution in [1.29, 1.82) is 0 Å². The van der Waals surface area contributed by atoms with Crippen LogP contribution in [0.2, 0.25) is 0 Å². The van der Waals surface area contributed by atoms with Crippen molar-refractivity contribution in [3.63, 3.8) is 0 Å². The number of hydrogen-bond acceptors (Lipinski definition) is 5. The number of H-pyrrole nitrogens is 1. The minimum Gasteiger partial charge on any atom is -0.383 e. The molecule has 7 heteroatoms. The van der Waals surface area contributed by atoms with Crippen LogP contribution in [0.4, 0.5) is 11.8 Å². The van der Waals surface area contributed by atoms with Crippen molar-refractivity contribution >= 4 is 23.5 Å². The summed E-state index contributed by atoms with van der Waals surface area (Å²) in [5, 5.41) is 0. The van der Waals surface area contributed by atoms with E-state index in [0.29, 0.717) is 0 Å². The number of carbonyl (C=O) groups is 2. The van der Waals surface area contributed by atoms with Gasteiger partial charge in [0.1, 0.15) is 5.82 Å². The van der Waals surface area contributed by atoms with Crippen molar-refractivity contribution in [2.45, 2.75) is 6.42 Å². The summed E-state index contributed by atoms with van der Waals surface area (Å²) in [5.41, 5.74) is 4.90. The normalized spacial score (nSPS) is 16.1. The Morgan fingerprint density at radius 1 is 1.40 bits per heavy atom. The van der Waals surface area contributed by atoms with Crippen LogP contribution in [0.15, 0.2) is 10.9 Å². The molecule has 0 bridgehead atoms. The number of nitrogens with one attached hydrogen (secondary N) is 1. The molecule has 2 rings (SSSR count). The summed E-state index contributed by atoms with van der Waals surface area (Å²) in [7, 11) is 0. The summed E-state index contributed by atoms with van der Waals surface area (Å²) < 4.78 is 0. The Labute approximate surface area is 83.9 Å². The predicted molar refractivity (Wildman–Crippen MR) is 51.2 cm³/mol. The minimum atomic E-state index is -0.454. The first-order valence-corrected chi connectivity index (χ1v) is 4.25. The van der Waals surface area contributed by atoms with Crippen molar-refractivity contribution in [2.75, 3.05) is 17.2 Å². The van der Waals surface area contributed by atoms with Crippen LogP contribution < -0.4 is 16.2 Å². The maximum Gasteiger partial charge on any atom is 0.254 e. The van der Waals surface area contributed by atoms with Crippen LogP contribution in [0.3, 0.4) is 0 Å². The molecule has 0 aromatic carbocycles. The van der Waals surface area contributed by atoms with Crippen molar-refractivity contribution < 1.29 is 9.59 Å². The van der Waals surface area contributed by atoms with Gasteiger partial charge in [-0.3, -0.25) is 24.3 Å². The first kappa shape index (κ1) is 9.38. The number of Topliss-reactive ketones (excluding diaryl/α,β-unsaturated/α-hetero) is 1. The monoisotopic (exact) mass is 208 g/mol. The third kappa shape index (κ3) is 1.71. The van der Waals surface area contributed by atoms with E-state index in [2.05, 4.69) is 9.97 Å². The molecule has 0 atom stereocenters. The lowest BCUT2D eigenvalue weighted by atomic mass is 10.3. The highest BCUT2D eigenvalue weighted by Crippen LogP contribution is 2.13. The molecular formula is C8H8N4O3. The standard InChI is InChI=1S/C8H8N4O3/c9-5-2-6(14)11-8(10-5)12-3-4(13)1-7(12)15/h2H,1,3H2,(H3,9,10,11,14). The lowest BCUT2D eigenvalue weighted by Gasteiger charge is -2.12. The quantitative estimate of drug-likeness (QED) is 0.555. The van der Waals surface area contributed by atoms with Gasteiger partial charge in [-0.25, -0.2) is 0 Å². The van der Waals surface area contributed by atoms with Crippen molar-refractivity contribution in [3.8, 4) is 0 Å². The lowest BCUT2D eigenvalue weighted by molar-refractivity contribution is -0.121. The number of anilines is 2. The van der Waals surface area contributed by atoms with Gasteiger partial charge in [-0.05, 0) is 0 Å². The average Bonchev–Trinajstić information content (AvgIpc) is 2.43. The van der Waals surface area contributed by atoms with E-state index in [1.165, 1.54) is 0 Å². The van der Waals surface area contributed by atoms with E-state index in [1.807, 2.05) is 0 Å².